The summed E-state index contributed by atoms with van der Waals surface area (Å²) in [7, 11) is 0. The first-order valence-corrected chi connectivity index (χ1v) is 31.3. The zero-order chi connectivity index (χ0) is 60.1. The first-order valence-electron chi connectivity index (χ1n) is 31.3. The highest BCUT2D eigenvalue weighted by Crippen LogP contribution is 2.49. The molecule has 0 fully saturated rings. The van der Waals surface area contributed by atoms with E-state index in [4.69, 9.17) is 9.97 Å². The molecule has 0 aliphatic heterocycles. The van der Waals surface area contributed by atoms with E-state index in [1.54, 1.807) is 0 Å². The van der Waals surface area contributed by atoms with Crippen molar-refractivity contribution in [2.24, 2.45) is 0 Å². The molecule has 4 heteroatoms. The van der Waals surface area contributed by atoms with E-state index in [1.165, 1.54) is 109 Å². The van der Waals surface area contributed by atoms with Crippen molar-refractivity contribution in [1.82, 2.24) is 19.1 Å². The lowest BCUT2D eigenvalue weighted by atomic mass is 9.83. The quantitative estimate of drug-likeness (QED) is 0.135. The third-order valence-electron chi connectivity index (χ3n) is 18.8. The Labute approximate surface area is 526 Å². The van der Waals surface area contributed by atoms with Gasteiger partial charge in [-0.05, 0) is 211 Å². The second-order valence-corrected chi connectivity index (χ2v) is 24.0. The fraction of sp³-hybridized carbons (Fsp3) is 0.0115. The molecule has 18 rings (SSSR count). The Kier molecular flexibility index (Phi) is 12.1. The predicted molar refractivity (Wildman–Crippen MR) is 384 cm³/mol. The molecular weight excluding hydrogens is 1100 g/mol. The second-order valence-electron chi connectivity index (χ2n) is 24.0. The summed E-state index contributed by atoms with van der Waals surface area (Å²) in [6, 6.07) is 118. The van der Waals surface area contributed by atoms with E-state index < -0.39 is 0 Å². The summed E-state index contributed by atoms with van der Waals surface area (Å²) in [4.78, 5) is 10.1. The van der Waals surface area contributed by atoms with Gasteiger partial charge in [0, 0.05) is 16.9 Å². The van der Waals surface area contributed by atoms with Crippen molar-refractivity contribution in [3.8, 4) is 89.5 Å². The highest BCUT2D eigenvalue weighted by Gasteiger charge is 2.23. The van der Waals surface area contributed by atoms with Gasteiger partial charge in [0.15, 0.2) is 0 Å². The summed E-state index contributed by atoms with van der Waals surface area (Å²) in [5.74, 6) is 1.87. The number of imidazole rings is 2. The van der Waals surface area contributed by atoms with Crippen molar-refractivity contribution in [3.63, 3.8) is 0 Å². The highest BCUT2D eigenvalue weighted by atomic mass is 15.1. The number of nitrogens with zero attached hydrogens (tertiary/aromatic N) is 4. The second kappa shape index (κ2) is 21.1. The minimum Gasteiger partial charge on any atom is -0.297 e. The maximum Gasteiger partial charge on any atom is 0.145 e. The number of hydrogen-bond acceptors (Lipinski definition) is 2. The van der Waals surface area contributed by atoms with Gasteiger partial charge in [-0.1, -0.05) is 249 Å². The Hall–Kier alpha value is -12.0. The molecule has 0 spiro atoms. The maximum atomic E-state index is 5.20. The SMILES string of the molecule is Cc1nc2ccccc2n1-c1ccc(-c2c3ccccc3c(-c3ccc(-c4ccc5ccccc5c4)cc3)c3ccc(-c4ccc5c(-c6ccc7ccccc7c6)c6ccccc6c(-c6ccc(-n7c(-c8ccccc8)nc8ccccc87)cc6)c5c4)cc23)cc1. The Morgan fingerprint density at radius 2 is 0.571 bits per heavy atom. The van der Waals surface area contributed by atoms with Crippen LogP contribution in [0.4, 0.5) is 0 Å². The molecular formula is C87H56N4. The summed E-state index contributed by atoms with van der Waals surface area (Å²) >= 11 is 0. The van der Waals surface area contributed by atoms with Gasteiger partial charge in [-0.3, -0.25) is 9.13 Å². The lowest BCUT2D eigenvalue weighted by Crippen LogP contribution is -1.98. The van der Waals surface area contributed by atoms with Crippen LogP contribution in [0.1, 0.15) is 5.82 Å². The molecule has 2 heterocycles. The Balaban J connectivity index is 0.853. The summed E-state index contributed by atoms with van der Waals surface area (Å²) in [6.07, 6.45) is 0. The van der Waals surface area contributed by atoms with Crippen LogP contribution in [-0.2, 0) is 0 Å². The monoisotopic (exact) mass is 1160 g/mol. The summed E-state index contributed by atoms with van der Waals surface area (Å²) in [6.45, 7) is 2.09. The van der Waals surface area contributed by atoms with Crippen LogP contribution in [0.3, 0.4) is 0 Å². The van der Waals surface area contributed by atoms with Crippen molar-refractivity contribution in [2.45, 2.75) is 6.92 Å². The third-order valence-corrected chi connectivity index (χ3v) is 18.8. The standard InChI is InChI=1S/C87H56N4/c1-55-88-79-27-13-15-29-81(79)90(55)69-45-39-60(40-46-69)84-72-24-10-9-23-71(72)83(59-35-31-58(32-36-59)65-37-33-56-17-5-7-21-63(56)51-65)75-49-43-66(53-77(75)84)67-44-50-76-78(54-67)85(73-25-11-12-26-74(73)86(76)68-38-34-57-18-6-8-22-64(57)52-68)61-41-47-70(48-42-61)91-82-30-16-14-28-80(82)89-87(91)62-19-3-2-4-20-62/h2-54H,1H3. The number of rotatable bonds is 9. The van der Waals surface area contributed by atoms with Crippen LogP contribution in [0.5, 0.6) is 0 Å². The third kappa shape index (κ3) is 8.67. The van der Waals surface area contributed by atoms with Gasteiger partial charge in [0.2, 0.25) is 0 Å². The van der Waals surface area contributed by atoms with E-state index in [9.17, 15) is 0 Å². The van der Waals surface area contributed by atoms with Crippen LogP contribution in [0.25, 0.3) is 176 Å². The average Bonchev–Trinajstić information content (AvgIpc) is 1.50. The molecule has 0 aliphatic carbocycles. The van der Waals surface area contributed by atoms with E-state index in [2.05, 4.69) is 338 Å². The van der Waals surface area contributed by atoms with Crippen LogP contribution in [0, 0.1) is 6.92 Å². The van der Waals surface area contributed by atoms with Crippen molar-refractivity contribution in [3.05, 3.63) is 327 Å². The average molecular weight is 1160 g/mol. The van der Waals surface area contributed by atoms with E-state index in [1.807, 2.05) is 0 Å². The first kappa shape index (κ1) is 52.2. The minimum absolute atomic E-state index is 0.915. The summed E-state index contributed by atoms with van der Waals surface area (Å²) in [5, 5.41) is 14.5. The molecule has 0 unspecified atom stereocenters. The molecule has 424 valence electrons. The minimum atomic E-state index is 0.915. The molecule has 16 aromatic carbocycles. The maximum absolute atomic E-state index is 5.20. The molecule has 0 saturated heterocycles. The fourth-order valence-corrected chi connectivity index (χ4v) is 14.6. The van der Waals surface area contributed by atoms with Crippen LogP contribution < -0.4 is 0 Å². The lowest BCUT2D eigenvalue weighted by Gasteiger charge is -2.20. The number of benzene rings is 16. The van der Waals surface area contributed by atoms with Gasteiger partial charge in [-0.25, -0.2) is 9.97 Å². The molecule has 4 nitrogen and oxygen atoms in total. The molecule has 0 atom stereocenters. The topological polar surface area (TPSA) is 35.6 Å². The van der Waals surface area contributed by atoms with Crippen LogP contribution in [-0.4, -0.2) is 19.1 Å². The molecule has 18 aromatic rings. The smallest absolute Gasteiger partial charge is 0.145 e. The first-order chi connectivity index (χ1) is 45.0. The van der Waals surface area contributed by atoms with Crippen LogP contribution in [0.2, 0.25) is 0 Å². The zero-order valence-corrected chi connectivity index (χ0v) is 49.9. The zero-order valence-electron chi connectivity index (χ0n) is 49.9. The van der Waals surface area contributed by atoms with E-state index in [0.717, 1.165) is 72.9 Å². The Bertz CT molecular complexity index is 5930. The highest BCUT2D eigenvalue weighted by molar-refractivity contribution is 6.24. The van der Waals surface area contributed by atoms with Crippen molar-refractivity contribution < 1.29 is 0 Å². The van der Waals surface area contributed by atoms with Gasteiger partial charge in [0.1, 0.15) is 11.6 Å². The van der Waals surface area contributed by atoms with Crippen LogP contribution in [0.15, 0.2) is 322 Å². The normalized spacial score (nSPS) is 11.8. The van der Waals surface area contributed by atoms with Crippen molar-refractivity contribution in [1.29, 1.82) is 0 Å². The van der Waals surface area contributed by atoms with E-state index in [-0.39, 0.29) is 0 Å². The molecule has 0 N–H and O–H groups in total. The lowest BCUT2D eigenvalue weighted by molar-refractivity contribution is 1.00. The van der Waals surface area contributed by atoms with Gasteiger partial charge in [0.25, 0.3) is 0 Å². The molecule has 0 radical (unpaired) electrons. The van der Waals surface area contributed by atoms with Crippen molar-refractivity contribution >= 4 is 86.7 Å². The fourth-order valence-electron chi connectivity index (χ4n) is 14.6. The molecule has 0 aliphatic rings. The van der Waals surface area contributed by atoms with Gasteiger partial charge in [0.05, 0.1) is 22.1 Å². The number of para-hydroxylation sites is 4. The van der Waals surface area contributed by atoms with Crippen LogP contribution >= 0.6 is 0 Å². The number of aryl methyl sites for hydroxylation is 1. The number of aromatic nitrogens is 4. The molecule has 0 amide bonds. The molecule has 0 bridgehead atoms. The number of hydrogen-bond donors (Lipinski definition) is 0. The summed E-state index contributed by atoms with van der Waals surface area (Å²) < 4.78 is 4.56. The van der Waals surface area contributed by atoms with E-state index >= 15 is 0 Å². The van der Waals surface area contributed by atoms with Gasteiger partial charge in [-0.15, -0.1) is 0 Å². The van der Waals surface area contributed by atoms with Gasteiger partial charge >= 0.3 is 0 Å². The molecule has 2 aromatic heterocycles. The molecule has 0 saturated carbocycles. The van der Waals surface area contributed by atoms with E-state index in [0.29, 0.717) is 0 Å². The number of fused-ring (bicyclic) bond motifs is 8. The predicted octanol–water partition coefficient (Wildman–Crippen LogP) is 23.3. The molecule has 91 heavy (non-hydrogen) atoms. The largest absolute Gasteiger partial charge is 0.297 e. The van der Waals surface area contributed by atoms with Gasteiger partial charge < -0.3 is 0 Å². The summed E-state index contributed by atoms with van der Waals surface area (Å²) in [5.41, 5.74) is 21.5. The van der Waals surface area contributed by atoms with Gasteiger partial charge in [-0.2, -0.15) is 0 Å². The Morgan fingerprint density at radius 1 is 0.220 bits per heavy atom. The van der Waals surface area contributed by atoms with Crippen molar-refractivity contribution in [2.75, 3.05) is 0 Å². The Morgan fingerprint density at radius 3 is 1.12 bits per heavy atom.